The van der Waals surface area contributed by atoms with Crippen molar-refractivity contribution in [3.8, 4) is 0 Å². The molecule has 0 bridgehead atoms. The smallest absolute Gasteiger partial charge is 0.128 e. The van der Waals surface area contributed by atoms with Crippen LogP contribution in [-0.4, -0.2) is 27.6 Å². The van der Waals surface area contributed by atoms with E-state index in [0.29, 0.717) is 11.4 Å². The van der Waals surface area contributed by atoms with Gasteiger partial charge >= 0.3 is 0 Å². The molecule has 1 fully saturated rings. The second-order valence-electron chi connectivity index (χ2n) is 6.56. The molecule has 2 atom stereocenters. The first-order valence-corrected chi connectivity index (χ1v) is 10.5. The van der Waals surface area contributed by atoms with Gasteiger partial charge < -0.3 is 5.73 Å². The molecule has 7 heteroatoms. The van der Waals surface area contributed by atoms with Gasteiger partial charge in [0.2, 0.25) is 0 Å². The molecule has 0 aromatic heterocycles. The quantitative estimate of drug-likeness (QED) is 0.668. The zero-order chi connectivity index (χ0) is 16.9. The Labute approximate surface area is 150 Å². The van der Waals surface area contributed by atoms with E-state index >= 15 is 0 Å². The highest BCUT2D eigenvalue weighted by molar-refractivity contribution is 14.1. The van der Waals surface area contributed by atoms with Gasteiger partial charge in [-0.25, -0.2) is 13.0 Å². The first-order valence-electron chi connectivity index (χ1n) is 7.70. The van der Waals surface area contributed by atoms with Gasteiger partial charge in [-0.3, -0.25) is 4.99 Å². The molecule has 1 saturated carbocycles. The van der Waals surface area contributed by atoms with Gasteiger partial charge in [-0.2, -0.15) is 0 Å². The molecule has 1 spiro atoms. The van der Waals surface area contributed by atoms with Crippen LogP contribution in [-0.2, 0) is 15.3 Å². The van der Waals surface area contributed by atoms with Crippen molar-refractivity contribution >= 4 is 38.2 Å². The number of nitrogens with zero attached hydrogens (tertiary/aromatic N) is 2. The van der Waals surface area contributed by atoms with E-state index in [1.54, 1.807) is 26.1 Å². The molecule has 1 unspecified atom stereocenters. The summed E-state index contributed by atoms with van der Waals surface area (Å²) in [7, 11) is -1.01. The lowest BCUT2D eigenvalue weighted by Gasteiger charge is -2.42. The van der Waals surface area contributed by atoms with Crippen LogP contribution < -0.4 is 5.73 Å². The standard InChI is InChI=1S/C16H21FIN3OS/c1-15(12-9-11(18)5-6-13(12)17)10-23(22,20-2)16(14(19)21-15)7-3-4-8-16/h5-6,9H,3-4,7-8,10H2,1-2H3,(H2,19,21)/t15-,23?/m0/s1. The van der Waals surface area contributed by atoms with E-state index in [1.165, 1.54) is 6.07 Å². The minimum Gasteiger partial charge on any atom is -0.386 e. The van der Waals surface area contributed by atoms with Crippen molar-refractivity contribution in [1.29, 1.82) is 0 Å². The molecule has 1 aliphatic heterocycles. The third kappa shape index (κ3) is 2.50. The summed E-state index contributed by atoms with van der Waals surface area (Å²) in [5.41, 5.74) is 5.81. The third-order valence-electron chi connectivity index (χ3n) is 5.14. The Morgan fingerprint density at radius 3 is 2.65 bits per heavy atom. The molecule has 126 valence electrons. The van der Waals surface area contributed by atoms with Gasteiger partial charge in [-0.1, -0.05) is 12.8 Å². The number of benzene rings is 1. The Hall–Kier alpha value is -0.700. The molecule has 1 aliphatic carbocycles. The van der Waals surface area contributed by atoms with Crippen molar-refractivity contribution in [3.63, 3.8) is 0 Å². The monoisotopic (exact) mass is 449 g/mol. The summed E-state index contributed by atoms with van der Waals surface area (Å²) in [4.78, 5) is 4.68. The van der Waals surface area contributed by atoms with Gasteiger partial charge in [-0.15, -0.1) is 0 Å². The molecule has 0 amide bonds. The number of nitrogens with two attached hydrogens (primary N) is 1. The third-order valence-corrected chi connectivity index (χ3v) is 9.19. The maximum atomic E-state index is 14.4. The van der Waals surface area contributed by atoms with Crippen LogP contribution in [0.5, 0.6) is 0 Å². The fourth-order valence-electron chi connectivity index (χ4n) is 3.89. The van der Waals surface area contributed by atoms with Crippen molar-refractivity contribution in [2.75, 3.05) is 12.8 Å². The van der Waals surface area contributed by atoms with E-state index in [4.69, 9.17) is 5.73 Å². The summed E-state index contributed by atoms with van der Waals surface area (Å²) in [6.45, 7) is 1.81. The van der Waals surface area contributed by atoms with Crippen LogP contribution in [0.25, 0.3) is 0 Å². The summed E-state index contributed by atoms with van der Waals surface area (Å²) in [6.07, 6.45) is 3.47. The van der Waals surface area contributed by atoms with E-state index in [-0.39, 0.29) is 11.6 Å². The summed E-state index contributed by atoms with van der Waals surface area (Å²) in [5.74, 6) is 0.260. The number of aliphatic imine (C=N–C) groups is 1. The molecule has 1 heterocycles. The van der Waals surface area contributed by atoms with E-state index in [0.717, 1.165) is 29.3 Å². The Balaban J connectivity index is 2.22. The van der Waals surface area contributed by atoms with Crippen LogP contribution >= 0.6 is 22.6 Å². The topological polar surface area (TPSA) is 67.8 Å². The van der Waals surface area contributed by atoms with E-state index in [2.05, 4.69) is 31.9 Å². The molecule has 1 aromatic rings. The highest BCUT2D eigenvalue weighted by atomic mass is 127. The average Bonchev–Trinajstić information content (AvgIpc) is 2.99. The Kier molecular flexibility index (Phi) is 4.23. The van der Waals surface area contributed by atoms with Crippen molar-refractivity contribution in [1.82, 2.24) is 0 Å². The van der Waals surface area contributed by atoms with Gasteiger partial charge in [0, 0.05) is 16.2 Å². The molecule has 2 N–H and O–H groups in total. The van der Waals surface area contributed by atoms with E-state index < -0.39 is 20.0 Å². The minimum absolute atomic E-state index is 0.216. The number of rotatable bonds is 1. The summed E-state index contributed by atoms with van der Waals surface area (Å²) >= 11 is 2.14. The predicted octanol–water partition coefficient (Wildman–Crippen LogP) is 3.43. The van der Waals surface area contributed by atoms with E-state index in [9.17, 15) is 8.60 Å². The SMILES string of the molecule is CN=S1(=O)C[C@@](C)(c2cc(I)ccc2F)N=C(N)C12CCCC2. The molecular formula is C16H21FIN3OS. The van der Waals surface area contributed by atoms with Crippen LogP contribution in [0.3, 0.4) is 0 Å². The molecule has 1 aromatic carbocycles. The summed E-state index contributed by atoms with van der Waals surface area (Å²) < 4.78 is 32.7. The highest BCUT2D eigenvalue weighted by Crippen LogP contribution is 2.46. The Morgan fingerprint density at radius 1 is 1.39 bits per heavy atom. The van der Waals surface area contributed by atoms with Crippen LogP contribution in [0.15, 0.2) is 27.6 Å². The highest BCUT2D eigenvalue weighted by Gasteiger charge is 2.54. The van der Waals surface area contributed by atoms with Gasteiger partial charge in [-0.05, 0) is 60.6 Å². The van der Waals surface area contributed by atoms with Gasteiger partial charge in [0.05, 0.1) is 15.5 Å². The second-order valence-corrected chi connectivity index (χ2v) is 10.5. The summed E-state index contributed by atoms with van der Waals surface area (Å²) in [6, 6.07) is 4.90. The molecule has 0 saturated heterocycles. The Bertz CT molecular complexity index is 795. The predicted molar refractivity (Wildman–Crippen MR) is 101 cm³/mol. The first kappa shape index (κ1) is 17.1. The first-order chi connectivity index (χ1) is 10.8. The van der Waals surface area contributed by atoms with Crippen molar-refractivity contribution < 1.29 is 8.60 Å². The van der Waals surface area contributed by atoms with E-state index in [1.807, 2.05) is 0 Å². The van der Waals surface area contributed by atoms with Crippen molar-refractivity contribution in [3.05, 3.63) is 33.1 Å². The molecule has 0 radical (unpaired) electrons. The maximum Gasteiger partial charge on any atom is 0.128 e. The lowest BCUT2D eigenvalue weighted by atomic mass is 9.93. The molecule has 4 nitrogen and oxygen atoms in total. The Morgan fingerprint density at radius 2 is 2.04 bits per heavy atom. The van der Waals surface area contributed by atoms with Crippen LogP contribution in [0.1, 0.15) is 38.2 Å². The fourth-order valence-corrected chi connectivity index (χ4v) is 7.42. The van der Waals surface area contributed by atoms with Gasteiger partial charge in [0.25, 0.3) is 0 Å². The number of hydrogen-bond acceptors (Lipinski definition) is 4. The average molecular weight is 449 g/mol. The van der Waals surface area contributed by atoms with Gasteiger partial charge in [0.1, 0.15) is 21.9 Å². The number of amidine groups is 1. The van der Waals surface area contributed by atoms with Crippen molar-refractivity contribution in [2.24, 2.45) is 15.1 Å². The fraction of sp³-hybridized carbons (Fsp3) is 0.562. The second kappa shape index (κ2) is 5.68. The molecular weight excluding hydrogens is 428 g/mol. The van der Waals surface area contributed by atoms with Crippen molar-refractivity contribution in [2.45, 2.75) is 42.9 Å². The minimum atomic E-state index is -2.60. The molecule has 23 heavy (non-hydrogen) atoms. The molecule has 3 rings (SSSR count). The maximum absolute atomic E-state index is 14.4. The number of hydrogen-bond donors (Lipinski definition) is 1. The van der Waals surface area contributed by atoms with Crippen LogP contribution in [0.4, 0.5) is 4.39 Å². The molecule has 2 aliphatic rings. The number of halogens is 2. The van der Waals surface area contributed by atoms with Crippen LogP contribution in [0.2, 0.25) is 0 Å². The lowest BCUT2D eigenvalue weighted by molar-refractivity contribution is 0.485. The zero-order valence-electron chi connectivity index (χ0n) is 13.3. The zero-order valence-corrected chi connectivity index (χ0v) is 16.3. The largest absolute Gasteiger partial charge is 0.386 e. The van der Waals surface area contributed by atoms with Crippen LogP contribution in [0, 0.1) is 9.39 Å². The lowest BCUT2D eigenvalue weighted by Crippen LogP contribution is -2.56. The normalized spacial score (nSPS) is 32.8. The summed E-state index contributed by atoms with van der Waals surface area (Å²) in [5, 5.41) is 0. The van der Waals surface area contributed by atoms with Gasteiger partial charge in [0.15, 0.2) is 0 Å².